The van der Waals surface area contributed by atoms with Crippen LogP contribution >= 0.6 is 0 Å². The van der Waals surface area contributed by atoms with Crippen LogP contribution in [0.25, 0.3) is 11.1 Å². The van der Waals surface area contributed by atoms with Crippen LogP contribution in [-0.4, -0.2) is 25.7 Å². The van der Waals surface area contributed by atoms with E-state index >= 15 is 0 Å². The van der Waals surface area contributed by atoms with Gasteiger partial charge >= 0.3 is 0 Å². The van der Waals surface area contributed by atoms with E-state index in [1.807, 2.05) is 12.1 Å². The van der Waals surface area contributed by atoms with Crippen LogP contribution in [0, 0.1) is 5.82 Å². The molecule has 1 unspecified atom stereocenters. The van der Waals surface area contributed by atoms with E-state index in [1.54, 1.807) is 24.7 Å². The average molecular weight is 260 g/mol. The number of nitrogens with zero attached hydrogens (tertiary/aromatic N) is 1. The molecule has 100 valence electrons. The molecule has 3 nitrogen and oxygen atoms in total. The maximum atomic E-state index is 13.8. The van der Waals surface area contributed by atoms with E-state index in [0.29, 0.717) is 6.04 Å². The summed E-state index contributed by atoms with van der Waals surface area (Å²) >= 11 is 0. The number of rotatable bonds is 2. The lowest BCUT2D eigenvalue weighted by atomic mass is 10.1. The van der Waals surface area contributed by atoms with Crippen LogP contribution in [0.4, 0.5) is 10.1 Å². The topological polar surface area (TPSA) is 28.4 Å². The predicted octanol–water partition coefficient (Wildman–Crippen LogP) is 2.88. The first-order valence-corrected chi connectivity index (χ1v) is 6.54. The number of benzene rings is 1. The molecule has 0 radical (unpaired) electrons. The van der Waals surface area contributed by atoms with Crippen molar-refractivity contribution >= 4 is 5.69 Å². The number of furan rings is 1. The summed E-state index contributed by atoms with van der Waals surface area (Å²) in [6, 6.07) is 7.38. The Hall–Kier alpha value is -1.81. The monoisotopic (exact) mass is 260 g/mol. The van der Waals surface area contributed by atoms with Crippen molar-refractivity contribution in [1.29, 1.82) is 0 Å². The fourth-order valence-corrected chi connectivity index (χ4v) is 2.56. The van der Waals surface area contributed by atoms with E-state index in [1.165, 1.54) is 0 Å². The molecular weight excluding hydrogens is 243 g/mol. The molecule has 0 spiro atoms. The van der Waals surface area contributed by atoms with Crippen molar-refractivity contribution in [1.82, 2.24) is 5.32 Å². The van der Waals surface area contributed by atoms with E-state index in [0.717, 1.165) is 36.4 Å². The average Bonchev–Trinajstić information content (AvgIpc) is 2.92. The van der Waals surface area contributed by atoms with Gasteiger partial charge in [-0.1, -0.05) is 0 Å². The zero-order chi connectivity index (χ0) is 13.2. The van der Waals surface area contributed by atoms with Gasteiger partial charge in [-0.05, 0) is 36.8 Å². The molecule has 3 rings (SSSR count). The van der Waals surface area contributed by atoms with Gasteiger partial charge in [0.2, 0.25) is 0 Å². The largest absolute Gasteiger partial charge is 0.472 e. The third-order valence-corrected chi connectivity index (χ3v) is 3.57. The first-order chi connectivity index (χ1) is 9.24. The van der Waals surface area contributed by atoms with Crippen LogP contribution in [0.1, 0.15) is 6.92 Å². The Morgan fingerprint density at radius 1 is 1.32 bits per heavy atom. The Morgan fingerprint density at radius 2 is 2.21 bits per heavy atom. The van der Waals surface area contributed by atoms with Gasteiger partial charge in [0.1, 0.15) is 5.82 Å². The molecule has 1 aromatic heterocycles. The van der Waals surface area contributed by atoms with E-state index in [-0.39, 0.29) is 5.82 Å². The Kier molecular flexibility index (Phi) is 3.25. The van der Waals surface area contributed by atoms with Crippen molar-refractivity contribution < 1.29 is 8.81 Å². The maximum absolute atomic E-state index is 13.8. The summed E-state index contributed by atoms with van der Waals surface area (Å²) in [6.45, 7) is 4.91. The highest BCUT2D eigenvalue weighted by Crippen LogP contribution is 2.28. The van der Waals surface area contributed by atoms with Gasteiger partial charge < -0.3 is 14.6 Å². The zero-order valence-corrected chi connectivity index (χ0v) is 10.9. The minimum atomic E-state index is -0.209. The molecule has 1 aromatic carbocycles. The van der Waals surface area contributed by atoms with Crippen molar-refractivity contribution in [3.8, 4) is 11.1 Å². The van der Waals surface area contributed by atoms with Gasteiger partial charge in [0.25, 0.3) is 0 Å². The fraction of sp³-hybridized carbons (Fsp3) is 0.333. The lowest BCUT2D eigenvalue weighted by Gasteiger charge is -2.36. The van der Waals surface area contributed by atoms with Gasteiger partial charge in [0, 0.05) is 36.9 Å². The quantitative estimate of drug-likeness (QED) is 0.900. The van der Waals surface area contributed by atoms with Gasteiger partial charge in [-0.2, -0.15) is 0 Å². The molecular formula is C15H17FN2O. The van der Waals surface area contributed by atoms with Crippen LogP contribution in [-0.2, 0) is 0 Å². The van der Waals surface area contributed by atoms with E-state index in [9.17, 15) is 4.39 Å². The Balaban J connectivity index is 1.97. The lowest BCUT2D eigenvalue weighted by molar-refractivity contribution is 0.499. The van der Waals surface area contributed by atoms with Crippen LogP contribution in [0.5, 0.6) is 0 Å². The van der Waals surface area contributed by atoms with Crippen molar-refractivity contribution in [2.24, 2.45) is 0 Å². The smallest absolute Gasteiger partial charge is 0.125 e. The summed E-state index contributed by atoms with van der Waals surface area (Å²) < 4.78 is 18.9. The second kappa shape index (κ2) is 5.05. The number of nitrogens with one attached hydrogen (secondary N) is 1. The van der Waals surface area contributed by atoms with Crippen LogP contribution < -0.4 is 10.2 Å². The van der Waals surface area contributed by atoms with E-state index in [2.05, 4.69) is 17.1 Å². The van der Waals surface area contributed by atoms with E-state index in [4.69, 9.17) is 4.42 Å². The minimum Gasteiger partial charge on any atom is -0.472 e. The molecule has 0 bridgehead atoms. The number of hydrogen-bond acceptors (Lipinski definition) is 3. The summed E-state index contributed by atoms with van der Waals surface area (Å²) in [7, 11) is 0. The SMILES string of the molecule is CC1CNCCN1c1cc(F)cc(-c2ccoc2)c1. The second-order valence-electron chi connectivity index (χ2n) is 4.96. The van der Waals surface area contributed by atoms with Crippen molar-refractivity contribution in [3.63, 3.8) is 0 Å². The van der Waals surface area contributed by atoms with Gasteiger partial charge in [-0.25, -0.2) is 4.39 Å². The summed E-state index contributed by atoms with van der Waals surface area (Å²) in [4.78, 5) is 2.24. The molecule has 0 amide bonds. The number of hydrogen-bond donors (Lipinski definition) is 1. The number of halogens is 1. The van der Waals surface area contributed by atoms with Crippen LogP contribution in [0.3, 0.4) is 0 Å². The maximum Gasteiger partial charge on any atom is 0.125 e. The van der Waals surface area contributed by atoms with Crippen LogP contribution in [0.2, 0.25) is 0 Å². The highest BCUT2D eigenvalue weighted by Gasteiger charge is 2.19. The molecule has 0 saturated carbocycles. The van der Waals surface area contributed by atoms with Gasteiger partial charge in [-0.3, -0.25) is 0 Å². The highest BCUT2D eigenvalue weighted by molar-refractivity contribution is 5.68. The third-order valence-electron chi connectivity index (χ3n) is 3.57. The molecule has 19 heavy (non-hydrogen) atoms. The Morgan fingerprint density at radius 3 is 2.95 bits per heavy atom. The molecule has 1 aliphatic heterocycles. The molecule has 4 heteroatoms. The zero-order valence-electron chi connectivity index (χ0n) is 10.9. The summed E-state index contributed by atoms with van der Waals surface area (Å²) in [6.07, 6.45) is 3.24. The first kappa shape index (κ1) is 12.2. The molecule has 0 aliphatic carbocycles. The second-order valence-corrected chi connectivity index (χ2v) is 4.96. The molecule has 1 aliphatic rings. The molecule has 1 saturated heterocycles. The molecule has 2 aromatic rings. The van der Waals surface area contributed by atoms with Crippen LogP contribution in [0.15, 0.2) is 41.2 Å². The normalized spacial score (nSPS) is 19.7. The van der Waals surface area contributed by atoms with Crippen molar-refractivity contribution in [2.75, 3.05) is 24.5 Å². The number of piperazine rings is 1. The molecule has 2 heterocycles. The lowest BCUT2D eigenvalue weighted by Crippen LogP contribution is -2.49. The summed E-state index contributed by atoms with van der Waals surface area (Å²) in [5.74, 6) is -0.209. The molecule has 1 fully saturated rings. The summed E-state index contributed by atoms with van der Waals surface area (Å²) in [5.41, 5.74) is 2.70. The van der Waals surface area contributed by atoms with Gasteiger partial charge in [-0.15, -0.1) is 0 Å². The molecule has 1 atom stereocenters. The van der Waals surface area contributed by atoms with Gasteiger partial charge in [0.05, 0.1) is 12.5 Å². The summed E-state index contributed by atoms with van der Waals surface area (Å²) in [5, 5.41) is 3.34. The van der Waals surface area contributed by atoms with Crippen molar-refractivity contribution in [3.05, 3.63) is 42.6 Å². The Labute approximate surface area is 112 Å². The van der Waals surface area contributed by atoms with Gasteiger partial charge in [0.15, 0.2) is 0 Å². The number of anilines is 1. The molecule has 1 N–H and O–H groups in total. The van der Waals surface area contributed by atoms with Crippen molar-refractivity contribution in [2.45, 2.75) is 13.0 Å². The minimum absolute atomic E-state index is 0.209. The Bertz CT molecular complexity index is 553. The highest BCUT2D eigenvalue weighted by atomic mass is 19.1. The predicted molar refractivity (Wildman–Crippen MR) is 73.8 cm³/mol. The standard InChI is InChI=1S/C15H17FN2O/c1-11-9-17-3-4-18(11)15-7-13(6-14(16)8-15)12-2-5-19-10-12/h2,5-8,10-11,17H,3-4,9H2,1H3. The third kappa shape index (κ3) is 2.49. The fourth-order valence-electron chi connectivity index (χ4n) is 2.56. The van der Waals surface area contributed by atoms with E-state index < -0.39 is 0 Å². The first-order valence-electron chi connectivity index (χ1n) is 6.54.